The Hall–Kier alpha value is -4.12. The number of phenols is 2. The van der Waals surface area contributed by atoms with Crippen LogP contribution in [0.1, 0.15) is 101 Å². The van der Waals surface area contributed by atoms with Crippen LogP contribution in [0.2, 0.25) is 0 Å². The van der Waals surface area contributed by atoms with E-state index in [0.29, 0.717) is 35.0 Å². The molecule has 0 aromatic heterocycles. The van der Waals surface area contributed by atoms with Gasteiger partial charge in [0.15, 0.2) is 11.5 Å². The van der Waals surface area contributed by atoms with Crippen molar-refractivity contribution < 1.29 is 24.5 Å². The van der Waals surface area contributed by atoms with Gasteiger partial charge in [-0.15, -0.1) is 0 Å². The van der Waals surface area contributed by atoms with Crippen molar-refractivity contribution in [3.05, 3.63) is 107 Å². The highest BCUT2D eigenvalue weighted by atomic mass is 16.5. The number of rotatable bonds is 16. The minimum atomic E-state index is -0.448. The maximum atomic E-state index is 11.7. The number of benzene rings is 3. The largest absolute Gasteiger partial charge is 0.508 e. The number of carbonyl (C=O) groups is 2. The highest BCUT2D eigenvalue weighted by Crippen LogP contribution is 2.37. The highest BCUT2D eigenvalue weighted by molar-refractivity contribution is 6.46. The van der Waals surface area contributed by atoms with E-state index >= 15 is 0 Å². The molecule has 0 spiro atoms. The predicted octanol–water partition coefficient (Wildman–Crippen LogP) is 9.73. The molecular weight excluding hydrogens is 548 g/mol. The second kappa shape index (κ2) is 16.1. The van der Waals surface area contributed by atoms with Gasteiger partial charge in [0.25, 0.3) is 0 Å². The van der Waals surface area contributed by atoms with Crippen LogP contribution in [0.3, 0.4) is 0 Å². The molecule has 4 rings (SSSR count). The minimum absolute atomic E-state index is 0.114. The number of ketones is 2. The Morgan fingerprint density at radius 2 is 1.52 bits per heavy atom. The zero-order valence-corrected chi connectivity index (χ0v) is 26.3. The Morgan fingerprint density at radius 3 is 2.20 bits per heavy atom. The standard InChI is InChI=1S/C39H46O5/c1-4-6-10-33(23-27(3)31-13-17-34(40)18-14-31)32-15-19-35(20-16-32)44-39-26-29(11-22-37(39)42)9-7-8-28(5-2)24-30-12-21-36(41)38(43)25-30/h11-22,25-28,33,40,42H,4-10,23-24H2,1-3H3. The smallest absolute Gasteiger partial charge is 0.225 e. The Morgan fingerprint density at radius 1 is 0.795 bits per heavy atom. The highest BCUT2D eigenvalue weighted by Gasteiger charge is 2.18. The van der Waals surface area contributed by atoms with Gasteiger partial charge in [-0.2, -0.15) is 0 Å². The molecule has 3 aromatic carbocycles. The molecule has 5 heteroatoms. The van der Waals surface area contributed by atoms with E-state index in [1.807, 2.05) is 36.4 Å². The molecule has 1 aliphatic carbocycles. The molecule has 3 aromatic rings. The zero-order valence-electron chi connectivity index (χ0n) is 26.3. The third kappa shape index (κ3) is 9.44. The van der Waals surface area contributed by atoms with Crippen LogP contribution in [0.15, 0.2) is 90.5 Å². The van der Waals surface area contributed by atoms with Gasteiger partial charge < -0.3 is 14.9 Å². The molecule has 44 heavy (non-hydrogen) atoms. The topological polar surface area (TPSA) is 83.8 Å². The van der Waals surface area contributed by atoms with Crippen molar-refractivity contribution in [2.24, 2.45) is 5.92 Å². The molecule has 0 fully saturated rings. The molecule has 232 valence electrons. The average Bonchev–Trinajstić information content (AvgIpc) is 3.02. The molecule has 0 saturated carbocycles. The van der Waals surface area contributed by atoms with Gasteiger partial charge >= 0.3 is 0 Å². The number of aromatic hydroxyl groups is 2. The number of hydrogen-bond donors (Lipinski definition) is 2. The van der Waals surface area contributed by atoms with Crippen molar-refractivity contribution in [2.45, 2.75) is 90.4 Å². The minimum Gasteiger partial charge on any atom is -0.508 e. The molecule has 0 aliphatic heterocycles. The first-order valence-electron chi connectivity index (χ1n) is 16.1. The van der Waals surface area contributed by atoms with Crippen LogP contribution < -0.4 is 4.74 Å². The molecule has 0 saturated heterocycles. The van der Waals surface area contributed by atoms with Gasteiger partial charge in [0.2, 0.25) is 11.6 Å². The molecule has 5 nitrogen and oxygen atoms in total. The zero-order chi connectivity index (χ0) is 31.5. The lowest BCUT2D eigenvalue weighted by Gasteiger charge is -2.22. The Balaban J connectivity index is 1.35. The molecule has 3 unspecified atom stereocenters. The number of allylic oxidation sites excluding steroid dienone is 4. The van der Waals surface area contributed by atoms with Crippen LogP contribution in [-0.2, 0) is 16.0 Å². The third-order valence-corrected chi connectivity index (χ3v) is 8.80. The number of carbonyl (C=O) groups excluding carboxylic acids is 2. The normalized spacial score (nSPS) is 15.1. The fourth-order valence-corrected chi connectivity index (χ4v) is 6.03. The van der Waals surface area contributed by atoms with Crippen LogP contribution in [0.5, 0.6) is 23.0 Å². The van der Waals surface area contributed by atoms with E-state index in [4.69, 9.17) is 4.74 Å². The molecule has 0 amide bonds. The number of ether oxygens (including phenoxy) is 1. The van der Waals surface area contributed by atoms with Crippen LogP contribution in [-0.4, -0.2) is 21.8 Å². The summed E-state index contributed by atoms with van der Waals surface area (Å²) in [6, 6.07) is 21.4. The molecule has 2 N–H and O–H groups in total. The monoisotopic (exact) mass is 594 g/mol. The first-order chi connectivity index (χ1) is 21.2. The number of unbranched alkanes of at least 4 members (excludes halogenated alkanes) is 1. The molecule has 0 heterocycles. The first-order valence-corrected chi connectivity index (χ1v) is 16.1. The summed E-state index contributed by atoms with van der Waals surface area (Å²) in [5.74, 6) is 1.90. The molecular formula is C39H46O5. The summed E-state index contributed by atoms with van der Waals surface area (Å²) >= 11 is 0. The summed E-state index contributed by atoms with van der Waals surface area (Å²) in [6.07, 6.45) is 13.7. The number of hydrogen-bond acceptors (Lipinski definition) is 5. The van der Waals surface area contributed by atoms with E-state index in [2.05, 4.69) is 32.9 Å². The van der Waals surface area contributed by atoms with Crippen LogP contribution in [0.4, 0.5) is 0 Å². The second-order valence-corrected chi connectivity index (χ2v) is 12.2. The maximum absolute atomic E-state index is 11.7. The average molecular weight is 595 g/mol. The first kappa shape index (κ1) is 32.8. The van der Waals surface area contributed by atoms with Crippen LogP contribution in [0, 0.1) is 5.92 Å². The van der Waals surface area contributed by atoms with Gasteiger partial charge in [-0.3, -0.25) is 9.59 Å². The van der Waals surface area contributed by atoms with Gasteiger partial charge in [0.1, 0.15) is 11.5 Å². The third-order valence-electron chi connectivity index (χ3n) is 8.80. The fraction of sp³-hybridized carbons (Fsp3) is 0.385. The van der Waals surface area contributed by atoms with Gasteiger partial charge in [0.05, 0.1) is 0 Å². The summed E-state index contributed by atoms with van der Waals surface area (Å²) in [7, 11) is 0. The molecule has 0 radical (unpaired) electrons. The van der Waals surface area contributed by atoms with Crippen molar-refractivity contribution in [3.8, 4) is 23.0 Å². The van der Waals surface area contributed by atoms with Gasteiger partial charge in [-0.1, -0.05) is 76.4 Å². The SMILES string of the molecule is CCCCC(CC(C)c1ccc(O)cc1)c1ccc(Oc2cc(CCCC(CC)CC3=CC(=O)C(=O)C=C3)ccc2O)cc1. The lowest BCUT2D eigenvalue weighted by molar-refractivity contribution is -0.131. The summed E-state index contributed by atoms with van der Waals surface area (Å²) in [5.41, 5.74) is 4.55. The Labute approximate surface area is 262 Å². The second-order valence-electron chi connectivity index (χ2n) is 12.2. The van der Waals surface area contributed by atoms with Crippen molar-refractivity contribution in [1.82, 2.24) is 0 Å². The Kier molecular flexibility index (Phi) is 12.0. The summed E-state index contributed by atoms with van der Waals surface area (Å²) in [6.45, 7) is 6.63. The predicted molar refractivity (Wildman–Crippen MR) is 177 cm³/mol. The van der Waals surface area contributed by atoms with E-state index < -0.39 is 11.6 Å². The summed E-state index contributed by atoms with van der Waals surface area (Å²) in [4.78, 5) is 23.2. The number of aryl methyl sites for hydroxylation is 1. The van der Waals surface area contributed by atoms with Gasteiger partial charge in [-0.05, 0) is 127 Å². The fourth-order valence-electron chi connectivity index (χ4n) is 6.03. The van der Waals surface area contributed by atoms with Crippen LogP contribution >= 0.6 is 0 Å². The lowest BCUT2D eigenvalue weighted by Crippen LogP contribution is -2.13. The van der Waals surface area contributed by atoms with Gasteiger partial charge in [0, 0.05) is 0 Å². The number of phenolic OH excluding ortho intramolecular Hbond substituents is 2. The van der Waals surface area contributed by atoms with E-state index in [0.717, 1.165) is 62.5 Å². The molecule has 1 aliphatic rings. The van der Waals surface area contributed by atoms with Crippen molar-refractivity contribution in [1.29, 1.82) is 0 Å². The lowest BCUT2D eigenvalue weighted by atomic mass is 9.83. The maximum Gasteiger partial charge on any atom is 0.225 e. The summed E-state index contributed by atoms with van der Waals surface area (Å²) < 4.78 is 6.15. The molecule has 3 atom stereocenters. The summed E-state index contributed by atoms with van der Waals surface area (Å²) in [5, 5.41) is 20.2. The van der Waals surface area contributed by atoms with Gasteiger partial charge in [-0.25, -0.2) is 0 Å². The van der Waals surface area contributed by atoms with Crippen LogP contribution in [0.25, 0.3) is 0 Å². The van der Waals surface area contributed by atoms with Crippen molar-refractivity contribution in [2.75, 3.05) is 0 Å². The van der Waals surface area contributed by atoms with E-state index in [1.54, 1.807) is 24.3 Å². The van der Waals surface area contributed by atoms with Crippen molar-refractivity contribution >= 4 is 11.6 Å². The van der Waals surface area contributed by atoms with E-state index in [1.165, 1.54) is 29.7 Å². The Bertz CT molecular complexity index is 1450. The molecule has 0 bridgehead atoms. The quantitative estimate of drug-likeness (QED) is 0.127. The van der Waals surface area contributed by atoms with E-state index in [9.17, 15) is 19.8 Å². The van der Waals surface area contributed by atoms with E-state index in [-0.39, 0.29) is 5.75 Å². The van der Waals surface area contributed by atoms with Crippen molar-refractivity contribution in [3.63, 3.8) is 0 Å².